The summed E-state index contributed by atoms with van der Waals surface area (Å²) in [5, 5.41) is 13.4. The van der Waals surface area contributed by atoms with E-state index in [1.165, 1.54) is 5.56 Å². The van der Waals surface area contributed by atoms with Crippen LogP contribution in [0.25, 0.3) is 0 Å². The van der Waals surface area contributed by atoms with E-state index in [-0.39, 0.29) is 12.1 Å². The molecule has 0 bridgehead atoms. The van der Waals surface area contributed by atoms with Crippen LogP contribution in [0.4, 0.5) is 0 Å². The summed E-state index contributed by atoms with van der Waals surface area (Å²) in [5.41, 5.74) is 2.35. The molecule has 19 heavy (non-hydrogen) atoms. The Morgan fingerprint density at radius 2 is 2.00 bits per heavy atom. The Morgan fingerprint density at radius 3 is 2.58 bits per heavy atom. The van der Waals surface area contributed by atoms with Gasteiger partial charge in [0.25, 0.3) is 0 Å². The molecule has 3 heteroatoms. The van der Waals surface area contributed by atoms with Crippen molar-refractivity contribution < 1.29 is 9.84 Å². The third kappa shape index (κ3) is 4.51. The summed E-state index contributed by atoms with van der Waals surface area (Å²) >= 11 is 0. The number of aliphatic hydroxyl groups is 1. The first kappa shape index (κ1) is 16.0. The van der Waals surface area contributed by atoms with E-state index in [0.717, 1.165) is 17.7 Å². The van der Waals surface area contributed by atoms with Crippen molar-refractivity contribution in [2.24, 2.45) is 5.92 Å². The van der Waals surface area contributed by atoms with Gasteiger partial charge >= 0.3 is 0 Å². The molecule has 0 heterocycles. The van der Waals surface area contributed by atoms with Crippen LogP contribution in [0.15, 0.2) is 18.2 Å². The van der Waals surface area contributed by atoms with E-state index >= 15 is 0 Å². The molecule has 0 saturated heterocycles. The maximum absolute atomic E-state index is 10.0. The summed E-state index contributed by atoms with van der Waals surface area (Å²) in [7, 11) is 1.69. The van der Waals surface area contributed by atoms with E-state index in [9.17, 15) is 5.11 Å². The highest BCUT2D eigenvalue weighted by Gasteiger charge is 2.16. The minimum Gasteiger partial charge on any atom is -0.496 e. The summed E-state index contributed by atoms with van der Waals surface area (Å²) < 4.78 is 5.39. The zero-order valence-electron chi connectivity index (χ0n) is 12.7. The molecule has 0 saturated carbocycles. The monoisotopic (exact) mass is 265 g/mol. The van der Waals surface area contributed by atoms with Crippen LogP contribution >= 0.6 is 0 Å². The van der Waals surface area contributed by atoms with Gasteiger partial charge in [-0.1, -0.05) is 38.0 Å². The Labute approximate surface area is 117 Å². The molecule has 2 N–H and O–H groups in total. The van der Waals surface area contributed by atoms with Gasteiger partial charge in [-0.3, -0.25) is 0 Å². The van der Waals surface area contributed by atoms with Crippen LogP contribution in [0.3, 0.4) is 0 Å². The third-order valence-electron chi connectivity index (χ3n) is 3.79. The van der Waals surface area contributed by atoms with Crippen molar-refractivity contribution in [3.63, 3.8) is 0 Å². The van der Waals surface area contributed by atoms with Gasteiger partial charge in [0.1, 0.15) is 5.75 Å². The average Bonchev–Trinajstić information content (AvgIpc) is 2.43. The molecule has 3 atom stereocenters. The van der Waals surface area contributed by atoms with E-state index in [4.69, 9.17) is 4.74 Å². The minimum absolute atomic E-state index is 0.161. The molecule has 0 aliphatic heterocycles. The molecule has 0 aliphatic carbocycles. The van der Waals surface area contributed by atoms with Gasteiger partial charge in [0.05, 0.1) is 13.2 Å². The number of benzene rings is 1. The largest absolute Gasteiger partial charge is 0.496 e. The normalized spacial score (nSPS) is 15.9. The SMILES string of the molecule is CCC(C)C(O)CNC(C)c1cc(C)ccc1OC. The Bertz CT molecular complexity index is 392. The molecular weight excluding hydrogens is 238 g/mol. The Hall–Kier alpha value is -1.06. The number of aliphatic hydroxyl groups excluding tert-OH is 1. The highest BCUT2D eigenvalue weighted by atomic mass is 16.5. The zero-order chi connectivity index (χ0) is 14.4. The molecule has 3 unspecified atom stereocenters. The molecule has 1 aromatic carbocycles. The number of ether oxygens (including phenoxy) is 1. The zero-order valence-corrected chi connectivity index (χ0v) is 12.7. The average molecular weight is 265 g/mol. The number of methoxy groups -OCH3 is 1. The number of hydrogen-bond acceptors (Lipinski definition) is 3. The first-order valence-electron chi connectivity index (χ1n) is 7.05. The van der Waals surface area contributed by atoms with Crippen LogP contribution < -0.4 is 10.1 Å². The van der Waals surface area contributed by atoms with Crippen LogP contribution in [-0.2, 0) is 0 Å². The van der Waals surface area contributed by atoms with Gasteiger partial charge in [-0.05, 0) is 25.8 Å². The Balaban J connectivity index is 2.67. The van der Waals surface area contributed by atoms with Gasteiger partial charge in [0.15, 0.2) is 0 Å². The second-order valence-electron chi connectivity index (χ2n) is 5.33. The maximum atomic E-state index is 10.0. The predicted octanol–water partition coefficient (Wildman–Crippen LogP) is 3.06. The molecule has 0 radical (unpaired) electrons. The topological polar surface area (TPSA) is 41.5 Å². The number of nitrogens with one attached hydrogen (secondary N) is 1. The summed E-state index contributed by atoms with van der Waals surface area (Å²) in [6.07, 6.45) is 0.689. The number of hydrogen-bond donors (Lipinski definition) is 2. The lowest BCUT2D eigenvalue weighted by Gasteiger charge is -2.22. The molecule has 3 nitrogen and oxygen atoms in total. The fourth-order valence-electron chi connectivity index (χ4n) is 2.07. The van der Waals surface area contributed by atoms with E-state index < -0.39 is 0 Å². The van der Waals surface area contributed by atoms with E-state index in [2.05, 4.69) is 39.1 Å². The van der Waals surface area contributed by atoms with Crippen LogP contribution in [0, 0.1) is 12.8 Å². The highest BCUT2D eigenvalue weighted by Crippen LogP contribution is 2.26. The first-order valence-corrected chi connectivity index (χ1v) is 7.05. The molecular formula is C16H27NO2. The van der Waals surface area contributed by atoms with E-state index in [1.54, 1.807) is 7.11 Å². The lowest BCUT2D eigenvalue weighted by Crippen LogP contribution is -2.33. The van der Waals surface area contributed by atoms with Gasteiger partial charge in [-0.25, -0.2) is 0 Å². The summed E-state index contributed by atoms with van der Waals surface area (Å²) in [6, 6.07) is 6.33. The number of aryl methyl sites for hydroxylation is 1. The van der Waals surface area contributed by atoms with Crippen molar-refractivity contribution in [2.75, 3.05) is 13.7 Å². The molecule has 108 valence electrons. The lowest BCUT2D eigenvalue weighted by atomic mass is 10.0. The predicted molar refractivity (Wildman–Crippen MR) is 79.6 cm³/mol. The van der Waals surface area contributed by atoms with E-state index in [1.807, 2.05) is 12.1 Å². The van der Waals surface area contributed by atoms with Crippen LogP contribution in [0.5, 0.6) is 5.75 Å². The molecule has 0 aliphatic rings. The molecule has 1 aromatic rings. The third-order valence-corrected chi connectivity index (χ3v) is 3.79. The smallest absolute Gasteiger partial charge is 0.123 e. The number of rotatable bonds is 7. The second-order valence-corrected chi connectivity index (χ2v) is 5.33. The fraction of sp³-hybridized carbons (Fsp3) is 0.625. The highest BCUT2D eigenvalue weighted by molar-refractivity contribution is 5.38. The molecule has 0 amide bonds. The molecule has 1 rings (SSSR count). The second kappa shape index (κ2) is 7.51. The lowest BCUT2D eigenvalue weighted by molar-refractivity contribution is 0.110. The molecule has 0 fully saturated rings. The van der Waals surface area contributed by atoms with Crippen molar-refractivity contribution in [1.82, 2.24) is 5.32 Å². The van der Waals surface area contributed by atoms with Gasteiger partial charge in [0, 0.05) is 18.2 Å². The first-order chi connectivity index (χ1) is 8.99. The quantitative estimate of drug-likeness (QED) is 0.796. The van der Waals surface area contributed by atoms with Gasteiger partial charge < -0.3 is 15.2 Å². The minimum atomic E-state index is -0.303. The van der Waals surface area contributed by atoms with Crippen molar-refractivity contribution in [3.05, 3.63) is 29.3 Å². The molecule has 0 spiro atoms. The van der Waals surface area contributed by atoms with Gasteiger partial charge in [0.2, 0.25) is 0 Å². The fourth-order valence-corrected chi connectivity index (χ4v) is 2.07. The summed E-state index contributed by atoms with van der Waals surface area (Å²) in [5.74, 6) is 1.21. The standard InChI is InChI=1S/C16H27NO2/c1-6-12(3)15(18)10-17-13(4)14-9-11(2)7-8-16(14)19-5/h7-9,12-13,15,17-18H,6,10H2,1-5H3. The van der Waals surface area contributed by atoms with Crippen molar-refractivity contribution >= 4 is 0 Å². The Morgan fingerprint density at radius 1 is 1.32 bits per heavy atom. The van der Waals surface area contributed by atoms with Crippen LogP contribution in [0.1, 0.15) is 44.4 Å². The maximum Gasteiger partial charge on any atom is 0.123 e. The molecule has 0 aromatic heterocycles. The summed E-state index contributed by atoms with van der Waals surface area (Å²) in [4.78, 5) is 0. The summed E-state index contributed by atoms with van der Waals surface area (Å²) in [6.45, 7) is 8.95. The Kier molecular flexibility index (Phi) is 6.32. The van der Waals surface area contributed by atoms with Gasteiger partial charge in [-0.15, -0.1) is 0 Å². The van der Waals surface area contributed by atoms with Crippen molar-refractivity contribution in [2.45, 2.75) is 46.3 Å². The van der Waals surface area contributed by atoms with Crippen molar-refractivity contribution in [1.29, 1.82) is 0 Å². The van der Waals surface area contributed by atoms with Gasteiger partial charge in [-0.2, -0.15) is 0 Å². The van der Waals surface area contributed by atoms with Crippen molar-refractivity contribution in [3.8, 4) is 5.75 Å². The van der Waals surface area contributed by atoms with E-state index in [0.29, 0.717) is 12.5 Å². The van der Waals surface area contributed by atoms with Crippen LogP contribution in [-0.4, -0.2) is 24.9 Å². The van der Waals surface area contributed by atoms with Crippen LogP contribution in [0.2, 0.25) is 0 Å².